The molecule has 1 unspecified atom stereocenters. The van der Waals surface area contributed by atoms with E-state index in [1.807, 2.05) is 43.3 Å². The number of benzene rings is 2. The Balaban J connectivity index is 1.67. The zero-order valence-corrected chi connectivity index (χ0v) is 19.5. The number of ether oxygens (including phenoxy) is 2. The molecule has 2 aromatic carbocycles. The number of anilines is 1. The fourth-order valence-corrected chi connectivity index (χ4v) is 4.98. The van der Waals surface area contributed by atoms with Gasteiger partial charge in [0.2, 0.25) is 0 Å². The number of unbranched alkanes of at least 4 members (excludes halogenated alkanes) is 1. The van der Waals surface area contributed by atoms with Gasteiger partial charge in [-0.25, -0.2) is 4.98 Å². The van der Waals surface area contributed by atoms with Crippen LogP contribution in [0.25, 0.3) is 10.2 Å². The van der Waals surface area contributed by atoms with Crippen LogP contribution in [-0.4, -0.2) is 36.8 Å². The number of halogens is 1. The molecule has 1 aliphatic heterocycles. The van der Waals surface area contributed by atoms with Crippen molar-refractivity contribution in [3.05, 3.63) is 52.5 Å². The van der Waals surface area contributed by atoms with Gasteiger partial charge in [-0.05, 0) is 56.0 Å². The summed E-state index contributed by atoms with van der Waals surface area (Å²) < 4.78 is 12.5. The smallest absolute Gasteiger partial charge is 0.260 e. The number of thiazole rings is 1. The molecule has 5 nitrogen and oxygen atoms in total. The van der Waals surface area contributed by atoms with Gasteiger partial charge in [-0.2, -0.15) is 0 Å². The Morgan fingerprint density at radius 2 is 2.23 bits per heavy atom. The highest BCUT2D eigenvalue weighted by Gasteiger charge is 2.27. The highest BCUT2D eigenvalue weighted by Crippen LogP contribution is 2.36. The third-order valence-corrected chi connectivity index (χ3v) is 6.96. The quantitative estimate of drug-likeness (QED) is 0.373. The van der Waals surface area contributed by atoms with Gasteiger partial charge in [0.25, 0.3) is 5.91 Å². The Kier molecular flexibility index (Phi) is 7.10. The van der Waals surface area contributed by atoms with Crippen molar-refractivity contribution in [3.8, 4) is 5.75 Å². The van der Waals surface area contributed by atoms with Gasteiger partial charge in [0, 0.05) is 12.2 Å². The summed E-state index contributed by atoms with van der Waals surface area (Å²) in [5, 5.41) is 1.30. The second kappa shape index (κ2) is 9.98. The molecule has 0 spiro atoms. The van der Waals surface area contributed by atoms with Crippen molar-refractivity contribution in [2.45, 2.75) is 45.6 Å². The van der Waals surface area contributed by atoms with Crippen LogP contribution in [-0.2, 0) is 4.74 Å². The lowest BCUT2D eigenvalue weighted by molar-refractivity contribution is 0.0917. The number of hydrogen-bond donors (Lipinski definition) is 0. The number of rotatable bonds is 8. The van der Waals surface area contributed by atoms with Crippen molar-refractivity contribution in [1.82, 2.24) is 4.98 Å². The minimum Gasteiger partial charge on any atom is -0.494 e. The maximum Gasteiger partial charge on any atom is 0.260 e. The molecule has 164 valence electrons. The first-order valence-electron chi connectivity index (χ1n) is 10.8. The van der Waals surface area contributed by atoms with E-state index in [-0.39, 0.29) is 12.0 Å². The molecule has 1 fully saturated rings. The summed E-state index contributed by atoms with van der Waals surface area (Å²) in [5.41, 5.74) is 2.46. The van der Waals surface area contributed by atoms with E-state index in [0.29, 0.717) is 34.6 Å². The van der Waals surface area contributed by atoms with Crippen molar-refractivity contribution in [2.24, 2.45) is 0 Å². The Hall–Kier alpha value is -2.15. The SMILES string of the molecule is CCCCOc1cccc(C(=O)N(CC2CCCO2)c2nc3c(C)ccc(Cl)c3s2)c1. The molecule has 0 bridgehead atoms. The predicted octanol–water partition coefficient (Wildman–Crippen LogP) is 6.26. The van der Waals surface area contributed by atoms with Crippen LogP contribution >= 0.6 is 22.9 Å². The second-order valence-corrected chi connectivity index (χ2v) is 9.20. The number of amides is 1. The zero-order valence-electron chi connectivity index (χ0n) is 17.9. The summed E-state index contributed by atoms with van der Waals surface area (Å²) >= 11 is 7.87. The fraction of sp³-hybridized carbons (Fsp3) is 0.417. The third-order valence-electron chi connectivity index (χ3n) is 5.42. The Labute approximate surface area is 191 Å². The first-order chi connectivity index (χ1) is 15.1. The molecule has 31 heavy (non-hydrogen) atoms. The van der Waals surface area contributed by atoms with Crippen molar-refractivity contribution in [3.63, 3.8) is 0 Å². The van der Waals surface area contributed by atoms with Gasteiger partial charge >= 0.3 is 0 Å². The van der Waals surface area contributed by atoms with Crippen molar-refractivity contribution >= 4 is 44.2 Å². The highest BCUT2D eigenvalue weighted by atomic mass is 35.5. The van der Waals surface area contributed by atoms with E-state index in [2.05, 4.69) is 6.92 Å². The summed E-state index contributed by atoms with van der Waals surface area (Å²) in [6, 6.07) is 11.2. The molecular formula is C24H27ClN2O3S. The van der Waals surface area contributed by atoms with Gasteiger partial charge in [-0.15, -0.1) is 0 Å². The van der Waals surface area contributed by atoms with Crippen molar-refractivity contribution in [2.75, 3.05) is 24.7 Å². The molecule has 7 heteroatoms. The Bertz CT molecular complexity index is 1020. The van der Waals surface area contributed by atoms with Crippen LogP contribution in [0.5, 0.6) is 5.75 Å². The predicted molar refractivity (Wildman–Crippen MR) is 127 cm³/mol. The maximum atomic E-state index is 13.6. The molecule has 0 N–H and O–H groups in total. The van der Waals surface area contributed by atoms with Crippen LogP contribution in [0.3, 0.4) is 0 Å². The summed E-state index contributed by atoms with van der Waals surface area (Å²) in [5.74, 6) is 0.601. The number of carbonyl (C=O) groups excluding carboxylic acids is 1. The van der Waals surface area contributed by atoms with Crippen LogP contribution in [0.2, 0.25) is 5.02 Å². The second-order valence-electron chi connectivity index (χ2n) is 7.82. The Morgan fingerprint density at radius 1 is 1.35 bits per heavy atom. The average Bonchev–Trinajstić information content (AvgIpc) is 3.45. The zero-order chi connectivity index (χ0) is 21.8. The van der Waals surface area contributed by atoms with E-state index in [0.717, 1.165) is 48.1 Å². The van der Waals surface area contributed by atoms with Gasteiger partial charge in [0.05, 0.1) is 34.5 Å². The summed E-state index contributed by atoms with van der Waals surface area (Å²) in [7, 11) is 0. The average molecular weight is 459 g/mol. The van der Waals surface area contributed by atoms with Crippen LogP contribution in [0.1, 0.15) is 48.5 Å². The Morgan fingerprint density at radius 3 is 2.97 bits per heavy atom. The normalized spacial score (nSPS) is 16.0. The number of hydrogen-bond acceptors (Lipinski definition) is 5. The molecule has 1 aromatic heterocycles. The molecular weight excluding hydrogens is 432 g/mol. The molecule has 0 radical (unpaired) electrons. The molecule has 1 saturated heterocycles. The number of nitrogens with zero attached hydrogens (tertiary/aromatic N) is 2. The minimum absolute atomic E-state index is 0.0107. The molecule has 0 aliphatic carbocycles. The minimum atomic E-state index is -0.107. The summed E-state index contributed by atoms with van der Waals surface area (Å²) in [6.07, 6.45) is 4.01. The number of aryl methyl sites for hydroxylation is 1. The molecule has 0 saturated carbocycles. The molecule has 4 rings (SSSR count). The largest absolute Gasteiger partial charge is 0.494 e. The van der Waals surface area contributed by atoms with Crippen LogP contribution < -0.4 is 9.64 Å². The first kappa shape index (κ1) is 22.1. The molecule has 1 atom stereocenters. The fourth-order valence-electron chi connectivity index (χ4n) is 3.66. The summed E-state index contributed by atoms with van der Waals surface area (Å²) in [6.45, 7) is 5.97. The van der Waals surface area contributed by atoms with Crippen molar-refractivity contribution < 1.29 is 14.3 Å². The number of fused-ring (bicyclic) bond motifs is 1. The van der Waals surface area contributed by atoms with E-state index in [1.165, 1.54) is 11.3 Å². The van der Waals surface area contributed by atoms with E-state index in [4.69, 9.17) is 26.1 Å². The van der Waals surface area contributed by atoms with Crippen LogP contribution in [0.4, 0.5) is 5.13 Å². The first-order valence-corrected chi connectivity index (χ1v) is 12.0. The van der Waals surface area contributed by atoms with Gasteiger partial charge in [-0.1, -0.05) is 48.4 Å². The standard InChI is InChI=1S/C24H27ClN2O3S/c1-3-4-12-29-18-8-5-7-17(14-18)23(28)27(15-19-9-6-13-30-19)24-26-21-16(2)10-11-20(25)22(21)31-24/h5,7-8,10-11,14,19H,3-4,6,9,12-13,15H2,1-2H3. The van der Waals surface area contributed by atoms with E-state index >= 15 is 0 Å². The molecule has 2 heterocycles. The van der Waals surface area contributed by atoms with Crippen molar-refractivity contribution in [1.29, 1.82) is 0 Å². The topological polar surface area (TPSA) is 51.7 Å². The van der Waals surface area contributed by atoms with E-state index < -0.39 is 0 Å². The molecule has 1 amide bonds. The van der Waals surface area contributed by atoms with Crippen LogP contribution in [0, 0.1) is 6.92 Å². The number of aromatic nitrogens is 1. The molecule has 3 aromatic rings. The van der Waals surface area contributed by atoms with Crippen LogP contribution in [0.15, 0.2) is 36.4 Å². The maximum absolute atomic E-state index is 13.6. The number of carbonyl (C=O) groups is 1. The van der Waals surface area contributed by atoms with Gasteiger partial charge < -0.3 is 9.47 Å². The monoisotopic (exact) mass is 458 g/mol. The van der Waals surface area contributed by atoms with Gasteiger partial charge in [0.15, 0.2) is 5.13 Å². The van der Waals surface area contributed by atoms with E-state index in [9.17, 15) is 4.79 Å². The lowest BCUT2D eigenvalue weighted by atomic mass is 10.1. The third kappa shape index (κ3) is 5.03. The molecule has 1 aliphatic rings. The van der Waals surface area contributed by atoms with E-state index in [1.54, 1.807) is 4.90 Å². The lowest BCUT2D eigenvalue weighted by Crippen LogP contribution is -2.37. The van der Waals surface area contributed by atoms with Gasteiger partial charge in [0.1, 0.15) is 5.75 Å². The summed E-state index contributed by atoms with van der Waals surface area (Å²) in [4.78, 5) is 20.1. The van der Waals surface area contributed by atoms with Gasteiger partial charge in [-0.3, -0.25) is 9.69 Å². The highest BCUT2D eigenvalue weighted by molar-refractivity contribution is 7.23. The lowest BCUT2D eigenvalue weighted by Gasteiger charge is -2.23.